The molecule has 2 nitrogen and oxygen atoms in total. The summed E-state index contributed by atoms with van der Waals surface area (Å²) in [7, 11) is 2.12. The van der Waals surface area contributed by atoms with Gasteiger partial charge >= 0.3 is 0 Å². The maximum Gasteiger partial charge on any atom is 0.0499 e. The van der Waals surface area contributed by atoms with E-state index in [0.29, 0.717) is 6.61 Å². The first-order valence-electron chi connectivity index (χ1n) is 4.52. The summed E-state index contributed by atoms with van der Waals surface area (Å²) >= 11 is 0. The van der Waals surface area contributed by atoms with Crippen LogP contribution in [0.1, 0.15) is 26.2 Å². The molecule has 1 fully saturated rings. The zero-order chi connectivity index (χ0) is 8.32. The maximum atomic E-state index is 9.15. The Bertz CT molecular complexity index is 115. The lowest BCUT2D eigenvalue weighted by Gasteiger charge is -2.42. The van der Waals surface area contributed by atoms with Gasteiger partial charge in [0.1, 0.15) is 0 Å². The highest BCUT2D eigenvalue weighted by atomic mass is 16.3. The molecule has 0 amide bonds. The number of rotatable bonds is 4. The molecule has 0 unspecified atom stereocenters. The third kappa shape index (κ3) is 1.94. The van der Waals surface area contributed by atoms with Crippen LogP contribution in [0.15, 0.2) is 0 Å². The molecule has 1 N–H and O–H groups in total. The summed E-state index contributed by atoms with van der Waals surface area (Å²) in [4.78, 5) is 2.29. The molecule has 11 heavy (non-hydrogen) atoms. The smallest absolute Gasteiger partial charge is 0.0499 e. The largest absolute Gasteiger partial charge is 0.396 e. The normalized spacial score (nSPS) is 21.8. The average molecular weight is 157 g/mol. The van der Waals surface area contributed by atoms with Gasteiger partial charge in [-0.25, -0.2) is 0 Å². The van der Waals surface area contributed by atoms with Crippen LogP contribution in [0.3, 0.4) is 0 Å². The van der Waals surface area contributed by atoms with Gasteiger partial charge in [-0.05, 0) is 26.4 Å². The fourth-order valence-corrected chi connectivity index (χ4v) is 1.73. The second kappa shape index (κ2) is 3.55. The van der Waals surface area contributed by atoms with Crippen molar-refractivity contribution in [2.24, 2.45) is 5.41 Å². The van der Waals surface area contributed by atoms with Crippen LogP contribution < -0.4 is 0 Å². The molecule has 1 aliphatic rings. The lowest BCUT2D eigenvalue weighted by molar-refractivity contribution is 0.0159. The second-order valence-electron chi connectivity index (χ2n) is 3.84. The predicted molar refractivity (Wildman–Crippen MR) is 46.5 cm³/mol. The number of aliphatic hydroxyl groups is 1. The van der Waals surface area contributed by atoms with E-state index in [2.05, 4.69) is 18.9 Å². The van der Waals surface area contributed by atoms with Gasteiger partial charge in [-0.2, -0.15) is 0 Å². The molecule has 0 aromatic heterocycles. The van der Waals surface area contributed by atoms with E-state index in [4.69, 9.17) is 5.11 Å². The highest BCUT2D eigenvalue weighted by molar-refractivity contribution is 4.89. The fourth-order valence-electron chi connectivity index (χ4n) is 1.73. The molecule has 0 aromatic rings. The van der Waals surface area contributed by atoms with Gasteiger partial charge in [0, 0.05) is 18.6 Å². The first-order valence-corrected chi connectivity index (χ1v) is 4.52. The lowest BCUT2D eigenvalue weighted by Crippen LogP contribution is -2.43. The number of nitrogens with zero attached hydrogens (tertiary/aromatic N) is 1. The molecule has 0 aromatic carbocycles. The minimum absolute atomic E-state index is 0.269. The summed E-state index contributed by atoms with van der Waals surface area (Å²) in [5, 5.41) is 9.15. The summed E-state index contributed by atoms with van der Waals surface area (Å²) in [6.07, 6.45) is 3.74. The van der Waals surface area contributed by atoms with Crippen molar-refractivity contribution in [2.75, 3.05) is 26.7 Å². The van der Waals surface area contributed by atoms with Crippen LogP contribution in [0, 0.1) is 5.41 Å². The van der Waals surface area contributed by atoms with Crippen molar-refractivity contribution in [1.82, 2.24) is 4.90 Å². The third-order valence-electron chi connectivity index (χ3n) is 2.89. The Morgan fingerprint density at radius 1 is 1.45 bits per heavy atom. The predicted octanol–water partition coefficient (Wildman–Crippen LogP) is 1.10. The highest BCUT2D eigenvalue weighted by Crippen LogP contribution is 2.40. The molecule has 66 valence electrons. The van der Waals surface area contributed by atoms with Crippen molar-refractivity contribution >= 4 is 0 Å². The summed E-state index contributed by atoms with van der Waals surface area (Å²) in [6.45, 7) is 4.68. The summed E-state index contributed by atoms with van der Waals surface area (Å²) in [5.74, 6) is 0. The molecule has 0 atom stereocenters. The third-order valence-corrected chi connectivity index (χ3v) is 2.89. The van der Waals surface area contributed by atoms with Crippen LogP contribution in [0.25, 0.3) is 0 Å². The van der Waals surface area contributed by atoms with Crippen LogP contribution >= 0.6 is 0 Å². The van der Waals surface area contributed by atoms with Crippen molar-refractivity contribution in [3.05, 3.63) is 0 Å². The Kier molecular flexibility index (Phi) is 2.90. The highest BCUT2D eigenvalue weighted by Gasteiger charge is 2.36. The standard InChI is InChI=1S/C9H19NO/c1-3-10(2)7-9(8-11)5-4-6-9/h11H,3-8H2,1-2H3. The van der Waals surface area contributed by atoms with E-state index >= 15 is 0 Å². The summed E-state index contributed by atoms with van der Waals surface area (Å²) in [6, 6.07) is 0. The SMILES string of the molecule is CCN(C)CC1(CO)CCC1. The summed E-state index contributed by atoms with van der Waals surface area (Å²) < 4.78 is 0. The molecule has 0 bridgehead atoms. The van der Waals surface area contributed by atoms with E-state index in [9.17, 15) is 0 Å². The molecule has 0 aliphatic heterocycles. The van der Waals surface area contributed by atoms with E-state index in [1.807, 2.05) is 0 Å². The second-order valence-corrected chi connectivity index (χ2v) is 3.84. The Hall–Kier alpha value is -0.0800. The van der Waals surface area contributed by atoms with Crippen LogP contribution in [0.5, 0.6) is 0 Å². The van der Waals surface area contributed by atoms with Crippen LogP contribution in [-0.4, -0.2) is 36.8 Å². The van der Waals surface area contributed by atoms with Gasteiger partial charge in [0.05, 0.1) is 0 Å². The van der Waals surface area contributed by atoms with Gasteiger partial charge in [-0.1, -0.05) is 13.3 Å². The number of hydrogen-bond acceptors (Lipinski definition) is 2. The van der Waals surface area contributed by atoms with E-state index in [1.54, 1.807) is 0 Å². The quantitative estimate of drug-likeness (QED) is 0.660. The molecular weight excluding hydrogens is 138 g/mol. The van der Waals surface area contributed by atoms with Crippen LogP contribution in [0.4, 0.5) is 0 Å². The van der Waals surface area contributed by atoms with Gasteiger partial charge < -0.3 is 10.0 Å². The van der Waals surface area contributed by atoms with Crippen molar-refractivity contribution in [3.8, 4) is 0 Å². The molecule has 1 aliphatic carbocycles. The Labute approximate surface area is 69.2 Å². The van der Waals surface area contributed by atoms with E-state index in [-0.39, 0.29) is 5.41 Å². The van der Waals surface area contributed by atoms with Crippen LogP contribution in [0.2, 0.25) is 0 Å². The Balaban J connectivity index is 2.32. The first kappa shape index (κ1) is 9.01. The molecule has 0 saturated heterocycles. The molecule has 0 spiro atoms. The van der Waals surface area contributed by atoms with Crippen LogP contribution in [-0.2, 0) is 0 Å². The topological polar surface area (TPSA) is 23.5 Å². The van der Waals surface area contributed by atoms with E-state index in [0.717, 1.165) is 13.1 Å². The zero-order valence-corrected chi connectivity index (χ0v) is 7.64. The van der Waals surface area contributed by atoms with Crippen molar-refractivity contribution in [3.63, 3.8) is 0 Å². The molecule has 1 saturated carbocycles. The number of hydrogen-bond donors (Lipinski definition) is 1. The molecule has 0 radical (unpaired) electrons. The maximum absolute atomic E-state index is 9.15. The summed E-state index contributed by atoms with van der Waals surface area (Å²) in [5.41, 5.74) is 0.269. The first-order chi connectivity index (χ1) is 5.22. The van der Waals surface area contributed by atoms with E-state index < -0.39 is 0 Å². The number of aliphatic hydroxyl groups excluding tert-OH is 1. The monoisotopic (exact) mass is 157 g/mol. The van der Waals surface area contributed by atoms with Crippen molar-refractivity contribution in [1.29, 1.82) is 0 Å². The van der Waals surface area contributed by atoms with Gasteiger partial charge in [-0.3, -0.25) is 0 Å². The Morgan fingerprint density at radius 3 is 2.36 bits per heavy atom. The van der Waals surface area contributed by atoms with Gasteiger partial charge in [0.2, 0.25) is 0 Å². The molecule has 0 heterocycles. The minimum Gasteiger partial charge on any atom is -0.396 e. The fraction of sp³-hybridized carbons (Fsp3) is 1.00. The molecule has 2 heteroatoms. The van der Waals surface area contributed by atoms with Gasteiger partial charge in [0.25, 0.3) is 0 Å². The van der Waals surface area contributed by atoms with Crippen molar-refractivity contribution < 1.29 is 5.11 Å². The lowest BCUT2D eigenvalue weighted by atomic mass is 9.69. The van der Waals surface area contributed by atoms with Gasteiger partial charge in [-0.15, -0.1) is 0 Å². The average Bonchev–Trinajstić information content (AvgIpc) is 1.96. The van der Waals surface area contributed by atoms with Gasteiger partial charge in [0.15, 0.2) is 0 Å². The zero-order valence-electron chi connectivity index (χ0n) is 7.64. The minimum atomic E-state index is 0.269. The molecule has 1 rings (SSSR count). The molecular formula is C9H19NO. The van der Waals surface area contributed by atoms with Crippen molar-refractivity contribution in [2.45, 2.75) is 26.2 Å². The Morgan fingerprint density at radius 2 is 2.09 bits per heavy atom. The van der Waals surface area contributed by atoms with E-state index in [1.165, 1.54) is 19.3 Å².